The molecule has 0 aliphatic carbocycles. The topological polar surface area (TPSA) is 117 Å². The number of ether oxygens (including phenoxy) is 2. The van der Waals surface area contributed by atoms with Gasteiger partial charge in [0.1, 0.15) is 16.6 Å². The van der Waals surface area contributed by atoms with Gasteiger partial charge in [0, 0.05) is 12.1 Å². The molecular weight excluding hydrogens is 555 g/mol. The molecular formula is C28H34Cl2N6O4. The molecule has 0 fully saturated rings. The zero-order valence-corrected chi connectivity index (χ0v) is 24.5. The summed E-state index contributed by atoms with van der Waals surface area (Å²) in [7, 11) is 3.00. The van der Waals surface area contributed by atoms with Crippen LogP contribution >= 0.6 is 24.0 Å². The smallest absolute Gasteiger partial charge is 0.352 e. The van der Waals surface area contributed by atoms with Crippen molar-refractivity contribution in [1.29, 1.82) is 0 Å². The summed E-state index contributed by atoms with van der Waals surface area (Å²) in [6.45, 7) is 4.97. The first-order valence-corrected chi connectivity index (χ1v) is 13.1. The maximum atomic E-state index is 14.0. The summed E-state index contributed by atoms with van der Waals surface area (Å²) in [6.07, 6.45) is 0.567. The number of rotatable bonds is 11. The zero-order valence-electron chi connectivity index (χ0n) is 22.9. The van der Waals surface area contributed by atoms with E-state index in [1.807, 2.05) is 44.2 Å². The monoisotopic (exact) mass is 588 g/mol. The predicted molar refractivity (Wildman–Crippen MR) is 157 cm³/mol. The van der Waals surface area contributed by atoms with E-state index < -0.39 is 11.7 Å². The molecule has 4 rings (SSSR count). The minimum Gasteiger partial charge on any atom is -0.497 e. The second-order valence-electron chi connectivity index (χ2n) is 9.44. The Balaban J connectivity index is 0.00000441. The number of fused-ring (bicyclic) bond motifs is 1. The lowest BCUT2D eigenvalue weighted by Crippen LogP contribution is -2.43. The maximum absolute atomic E-state index is 14.0. The molecule has 214 valence electrons. The molecule has 2 heterocycles. The van der Waals surface area contributed by atoms with Crippen LogP contribution in [0, 0.1) is 5.92 Å². The maximum Gasteiger partial charge on any atom is 0.352 e. The van der Waals surface area contributed by atoms with Crippen LogP contribution in [0.2, 0.25) is 5.02 Å². The molecule has 0 unspecified atom stereocenters. The Bertz CT molecular complexity index is 1490. The molecule has 0 radical (unpaired) electrons. The van der Waals surface area contributed by atoms with Crippen LogP contribution in [0.4, 0.5) is 0 Å². The highest BCUT2D eigenvalue weighted by Crippen LogP contribution is 2.32. The van der Waals surface area contributed by atoms with Crippen LogP contribution in [0.5, 0.6) is 11.6 Å². The molecule has 2 N–H and O–H groups in total. The average Bonchev–Trinajstić information content (AvgIpc) is 3.28. The first kappa shape index (κ1) is 30.9. The van der Waals surface area contributed by atoms with Crippen molar-refractivity contribution in [3.05, 3.63) is 87.1 Å². The fourth-order valence-corrected chi connectivity index (χ4v) is 4.82. The number of hydrogen-bond donors (Lipinski definition) is 1. The first-order valence-electron chi connectivity index (χ1n) is 12.7. The minimum absolute atomic E-state index is 0. The third-order valence-electron chi connectivity index (χ3n) is 6.49. The van der Waals surface area contributed by atoms with Crippen molar-refractivity contribution in [2.24, 2.45) is 11.7 Å². The number of carbonyl (C=O) groups is 1. The molecule has 40 heavy (non-hydrogen) atoms. The Kier molecular flexibility index (Phi) is 10.6. The quantitative estimate of drug-likeness (QED) is 0.279. The molecule has 1 atom stereocenters. The molecule has 0 aliphatic rings. The summed E-state index contributed by atoms with van der Waals surface area (Å²) in [5, 5.41) is 4.35. The second-order valence-corrected chi connectivity index (χ2v) is 9.82. The van der Waals surface area contributed by atoms with Gasteiger partial charge >= 0.3 is 5.69 Å². The van der Waals surface area contributed by atoms with Crippen molar-refractivity contribution >= 4 is 35.6 Å². The van der Waals surface area contributed by atoms with E-state index in [4.69, 9.17) is 31.8 Å². The molecule has 0 spiro atoms. The Labute approximate surface area is 244 Å². The predicted octanol–water partition coefficient (Wildman–Crippen LogP) is 4.22. The van der Waals surface area contributed by atoms with Gasteiger partial charge in [-0.05, 0) is 48.7 Å². The van der Waals surface area contributed by atoms with Crippen LogP contribution in [0.25, 0.3) is 5.65 Å². The van der Waals surface area contributed by atoms with E-state index in [1.165, 1.54) is 7.11 Å². The van der Waals surface area contributed by atoms with Crippen molar-refractivity contribution < 1.29 is 14.3 Å². The fourth-order valence-electron chi connectivity index (χ4n) is 4.58. The largest absolute Gasteiger partial charge is 0.497 e. The van der Waals surface area contributed by atoms with Gasteiger partial charge in [-0.2, -0.15) is 4.52 Å². The van der Waals surface area contributed by atoms with Gasteiger partial charge in [0.15, 0.2) is 5.65 Å². The number of methoxy groups -OCH3 is 2. The molecule has 12 heteroatoms. The van der Waals surface area contributed by atoms with Gasteiger partial charge in [0.2, 0.25) is 0 Å². The summed E-state index contributed by atoms with van der Waals surface area (Å²) in [5.41, 5.74) is 6.98. The number of halogens is 2. The van der Waals surface area contributed by atoms with Gasteiger partial charge < -0.3 is 20.1 Å². The minimum atomic E-state index is -0.579. The molecule has 2 aromatic carbocycles. The highest BCUT2D eigenvalue weighted by molar-refractivity contribution is 6.34. The molecule has 0 saturated carbocycles. The highest BCUT2D eigenvalue weighted by atomic mass is 35.5. The fraction of sp³-hybridized carbons (Fsp3) is 0.357. The number of amides is 1. The number of nitrogens with two attached hydrogens (primary N) is 1. The summed E-state index contributed by atoms with van der Waals surface area (Å²) in [5.74, 6) is 0.815. The number of nitrogens with zero attached hydrogens (tertiary/aromatic N) is 5. The van der Waals surface area contributed by atoms with E-state index in [0.717, 1.165) is 10.1 Å². The average molecular weight is 590 g/mol. The van der Waals surface area contributed by atoms with Crippen LogP contribution in [-0.2, 0) is 6.54 Å². The second kappa shape index (κ2) is 13.6. The van der Waals surface area contributed by atoms with E-state index in [0.29, 0.717) is 36.6 Å². The standard InChI is InChI=1S/C28H33ClN6O4.ClH/c1-18(2)23(33(16-8-15-30)27(36)20-11-13-21(38-3)14-12-20)25-31-24-22(29)26(39-4)32-35(24)28(37)34(25)17-19-9-6-5-7-10-19;/h5-7,9-14,18,23H,8,15-17,30H2,1-4H3;1H/t23-;/m1./s1. The normalized spacial score (nSPS) is 11.8. The molecule has 10 nitrogen and oxygen atoms in total. The van der Waals surface area contributed by atoms with Crippen molar-refractivity contribution in [3.63, 3.8) is 0 Å². The Morgan fingerprint density at radius 1 is 1.07 bits per heavy atom. The van der Waals surface area contributed by atoms with Gasteiger partial charge in [-0.25, -0.2) is 9.78 Å². The van der Waals surface area contributed by atoms with Gasteiger partial charge in [0.25, 0.3) is 11.8 Å². The Morgan fingerprint density at radius 3 is 2.33 bits per heavy atom. The summed E-state index contributed by atoms with van der Waals surface area (Å²) in [6, 6.07) is 15.9. The lowest BCUT2D eigenvalue weighted by Gasteiger charge is -2.35. The van der Waals surface area contributed by atoms with Crippen molar-refractivity contribution in [2.75, 3.05) is 27.3 Å². The molecule has 2 aromatic heterocycles. The van der Waals surface area contributed by atoms with E-state index >= 15 is 0 Å². The van der Waals surface area contributed by atoms with Crippen molar-refractivity contribution in [3.8, 4) is 11.6 Å². The lowest BCUT2D eigenvalue weighted by molar-refractivity contribution is 0.0601. The molecule has 0 aliphatic heterocycles. The van der Waals surface area contributed by atoms with Gasteiger partial charge in [-0.3, -0.25) is 9.36 Å². The van der Waals surface area contributed by atoms with E-state index in [-0.39, 0.29) is 47.3 Å². The third-order valence-corrected chi connectivity index (χ3v) is 6.82. The Hall–Kier alpha value is -3.60. The van der Waals surface area contributed by atoms with E-state index in [9.17, 15) is 9.59 Å². The number of hydrogen-bond acceptors (Lipinski definition) is 7. The van der Waals surface area contributed by atoms with Crippen molar-refractivity contribution in [2.45, 2.75) is 32.9 Å². The van der Waals surface area contributed by atoms with Gasteiger partial charge in [-0.1, -0.05) is 55.8 Å². The molecule has 1 amide bonds. The van der Waals surface area contributed by atoms with E-state index in [1.54, 1.807) is 40.8 Å². The lowest BCUT2D eigenvalue weighted by atomic mass is 9.99. The number of aromatic nitrogens is 4. The molecule has 0 bridgehead atoms. The Morgan fingerprint density at radius 2 is 1.75 bits per heavy atom. The first-order chi connectivity index (χ1) is 18.8. The van der Waals surface area contributed by atoms with Crippen LogP contribution < -0.4 is 20.9 Å². The summed E-state index contributed by atoms with van der Waals surface area (Å²) < 4.78 is 13.2. The van der Waals surface area contributed by atoms with Crippen LogP contribution in [0.1, 0.15) is 48.1 Å². The van der Waals surface area contributed by atoms with Crippen LogP contribution in [0.3, 0.4) is 0 Å². The van der Waals surface area contributed by atoms with Crippen molar-refractivity contribution in [1.82, 2.24) is 24.1 Å². The summed E-state index contributed by atoms with van der Waals surface area (Å²) >= 11 is 6.52. The van der Waals surface area contributed by atoms with Crippen LogP contribution in [0.15, 0.2) is 59.4 Å². The highest BCUT2D eigenvalue weighted by Gasteiger charge is 2.33. The summed E-state index contributed by atoms with van der Waals surface area (Å²) in [4.78, 5) is 34.4. The number of benzene rings is 2. The molecule has 0 saturated heterocycles. The number of carbonyl (C=O) groups excluding carboxylic acids is 1. The van der Waals surface area contributed by atoms with Crippen LogP contribution in [-0.4, -0.2) is 57.3 Å². The van der Waals surface area contributed by atoms with E-state index in [2.05, 4.69) is 5.10 Å². The van der Waals surface area contributed by atoms with Gasteiger partial charge in [-0.15, -0.1) is 17.5 Å². The zero-order chi connectivity index (χ0) is 28.1. The van der Waals surface area contributed by atoms with Gasteiger partial charge in [0.05, 0.1) is 26.8 Å². The SMILES string of the molecule is COc1ccc(C(=O)N(CCCN)[C@@H](c2nc3c(Cl)c(OC)nn3c(=O)n2Cc2ccccc2)C(C)C)cc1.Cl. The molecule has 4 aromatic rings. The third kappa shape index (κ3) is 6.24.